The van der Waals surface area contributed by atoms with Crippen molar-refractivity contribution >= 4 is 22.8 Å². The first kappa shape index (κ1) is 11.2. The lowest BCUT2D eigenvalue weighted by molar-refractivity contribution is 0.112. The van der Waals surface area contributed by atoms with Crippen LogP contribution in [0.5, 0.6) is 0 Å². The van der Waals surface area contributed by atoms with Gasteiger partial charge in [0.1, 0.15) is 0 Å². The predicted octanol–water partition coefficient (Wildman–Crippen LogP) is 3.21. The first-order valence-electron chi connectivity index (χ1n) is 6.56. The molecule has 0 aliphatic heterocycles. The van der Waals surface area contributed by atoms with Gasteiger partial charge in [-0.05, 0) is 32.1 Å². The summed E-state index contributed by atoms with van der Waals surface area (Å²) in [5.74, 6) is 0.572. The molecule has 0 radical (unpaired) electrons. The highest BCUT2D eigenvalue weighted by Crippen LogP contribution is 2.44. The predicted molar refractivity (Wildman–Crippen MR) is 70.1 cm³/mol. The number of rotatable bonds is 6. The molecule has 2 saturated carbocycles. The van der Waals surface area contributed by atoms with E-state index in [0.29, 0.717) is 12.0 Å². The van der Waals surface area contributed by atoms with Crippen LogP contribution in [-0.4, -0.2) is 23.9 Å². The molecule has 92 valence electrons. The van der Waals surface area contributed by atoms with Gasteiger partial charge in [0.15, 0.2) is 11.4 Å². The maximum absolute atomic E-state index is 11.1. The number of carbonyl (C=O) groups excluding carboxylic acids is 1. The lowest BCUT2D eigenvalue weighted by Crippen LogP contribution is -2.26. The van der Waals surface area contributed by atoms with Crippen molar-refractivity contribution in [3.8, 4) is 0 Å². The van der Waals surface area contributed by atoms with E-state index in [9.17, 15) is 4.79 Å². The molecular formula is C13H18N2OS. The molecule has 2 aliphatic rings. The molecule has 4 heteroatoms. The van der Waals surface area contributed by atoms with Crippen LogP contribution in [0.1, 0.15) is 60.3 Å². The molecule has 1 aromatic heterocycles. The monoisotopic (exact) mass is 250 g/mol. The van der Waals surface area contributed by atoms with Crippen LogP contribution in [0.3, 0.4) is 0 Å². The van der Waals surface area contributed by atoms with Crippen LogP contribution in [0, 0.1) is 0 Å². The highest BCUT2D eigenvalue weighted by Gasteiger charge is 2.34. The summed E-state index contributed by atoms with van der Waals surface area (Å²) < 4.78 is 0. The molecule has 0 amide bonds. The minimum Gasteiger partial charge on any atom is -0.345 e. The highest BCUT2D eigenvalue weighted by molar-refractivity contribution is 7.17. The lowest BCUT2D eigenvalue weighted by atomic mass is 10.3. The number of anilines is 1. The fourth-order valence-corrected chi connectivity index (χ4v) is 3.31. The normalized spacial score (nSPS) is 19.4. The highest BCUT2D eigenvalue weighted by atomic mass is 32.1. The Balaban J connectivity index is 1.87. The van der Waals surface area contributed by atoms with E-state index in [1.165, 1.54) is 25.7 Å². The Hall–Kier alpha value is -0.900. The molecule has 2 aliphatic carbocycles. The first-order chi connectivity index (χ1) is 8.33. The molecule has 0 spiro atoms. The van der Waals surface area contributed by atoms with Gasteiger partial charge in [0.25, 0.3) is 0 Å². The number of thiazole rings is 1. The van der Waals surface area contributed by atoms with E-state index in [4.69, 9.17) is 4.98 Å². The maximum Gasteiger partial charge on any atom is 0.186 e. The summed E-state index contributed by atoms with van der Waals surface area (Å²) in [4.78, 5) is 19.1. The van der Waals surface area contributed by atoms with Crippen molar-refractivity contribution in [1.29, 1.82) is 0 Å². The van der Waals surface area contributed by atoms with Crippen molar-refractivity contribution < 1.29 is 4.79 Å². The van der Waals surface area contributed by atoms with E-state index >= 15 is 0 Å². The molecule has 0 saturated heterocycles. The summed E-state index contributed by atoms with van der Waals surface area (Å²) in [6, 6.07) is 0.688. The summed E-state index contributed by atoms with van der Waals surface area (Å²) in [5, 5.41) is 1.08. The van der Waals surface area contributed by atoms with E-state index in [2.05, 4.69) is 11.8 Å². The van der Waals surface area contributed by atoms with Crippen molar-refractivity contribution in [2.24, 2.45) is 0 Å². The second-order valence-electron chi connectivity index (χ2n) is 5.06. The van der Waals surface area contributed by atoms with Gasteiger partial charge in [-0.25, -0.2) is 4.98 Å². The quantitative estimate of drug-likeness (QED) is 0.727. The summed E-state index contributed by atoms with van der Waals surface area (Å²) in [6.45, 7) is 3.27. The number of carbonyl (C=O) groups is 1. The maximum atomic E-state index is 11.1. The fraction of sp³-hybridized carbons (Fsp3) is 0.692. The number of hydrogen-bond acceptors (Lipinski definition) is 4. The third kappa shape index (κ3) is 2.23. The van der Waals surface area contributed by atoms with Crippen LogP contribution in [-0.2, 0) is 0 Å². The van der Waals surface area contributed by atoms with E-state index in [0.717, 1.165) is 35.0 Å². The van der Waals surface area contributed by atoms with Crippen LogP contribution < -0.4 is 4.90 Å². The second kappa shape index (κ2) is 4.41. The molecule has 0 bridgehead atoms. The Morgan fingerprint density at radius 1 is 1.41 bits per heavy atom. The molecule has 3 nitrogen and oxygen atoms in total. The fourth-order valence-electron chi connectivity index (χ4n) is 2.25. The Morgan fingerprint density at radius 3 is 2.71 bits per heavy atom. The van der Waals surface area contributed by atoms with Gasteiger partial charge in [0.05, 0.1) is 10.6 Å². The Kier molecular flexibility index (Phi) is 2.90. The zero-order chi connectivity index (χ0) is 11.8. The third-order valence-corrected chi connectivity index (χ3v) is 4.47. The smallest absolute Gasteiger partial charge is 0.186 e. The van der Waals surface area contributed by atoms with Crippen molar-refractivity contribution in [3.05, 3.63) is 10.6 Å². The molecule has 3 rings (SSSR count). The largest absolute Gasteiger partial charge is 0.345 e. The molecule has 1 heterocycles. The molecular weight excluding hydrogens is 232 g/mol. The van der Waals surface area contributed by atoms with Crippen LogP contribution in [0.2, 0.25) is 0 Å². The standard InChI is InChI=1S/C13H18N2OS/c1-2-7-15(10-5-6-10)13-14-12(9-3-4-9)11(8-16)17-13/h8-10H,2-7H2,1H3. The summed E-state index contributed by atoms with van der Waals surface area (Å²) in [7, 11) is 0. The molecule has 1 aromatic rings. The Bertz CT molecular complexity index is 421. The van der Waals surface area contributed by atoms with Crippen molar-refractivity contribution in [2.75, 3.05) is 11.4 Å². The van der Waals surface area contributed by atoms with Gasteiger partial charge in [-0.1, -0.05) is 18.3 Å². The Morgan fingerprint density at radius 2 is 2.18 bits per heavy atom. The number of aldehydes is 1. The third-order valence-electron chi connectivity index (χ3n) is 3.44. The van der Waals surface area contributed by atoms with Gasteiger partial charge in [-0.3, -0.25) is 4.79 Å². The topological polar surface area (TPSA) is 33.2 Å². The molecule has 0 aromatic carbocycles. The van der Waals surface area contributed by atoms with Gasteiger partial charge in [-0.2, -0.15) is 0 Å². The van der Waals surface area contributed by atoms with Gasteiger partial charge >= 0.3 is 0 Å². The minimum absolute atomic E-state index is 0.572. The number of nitrogens with zero attached hydrogens (tertiary/aromatic N) is 2. The summed E-state index contributed by atoms with van der Waals surface area (Å²) in [5.41, 5.74) is 1.07. The summed E-state index contributed by atoms with van der Waals surface area (Å²) in [6.07, 6.45) is 7.13. The second-order valence-corrected chi connectivity index (χ2v) is 6.07. The van der Waals surface area contributed by atoms with Crippen molar-refractivity contribution in [1.82, 2.24) is 4.98 Å². The van der Waals surface area contributed by atoms with E-state index in [-0.39, 0.29) is 0 Å². The van der Waals surface area contributed by atoms with Crippen molar-refractivity contribution in [3.63, 3.8) is 0 Å². The van der Waals surface area contributed by atoms with E-state index in [1.54, 1.807) is 11.3 Å². The first-order valence-corrected chi connectivity index (χ1v) is 7.37. The van der Waals surface area contributed by atoms with Gasteiger partial charge in [-0.15, -0.1) is 0 Å². The number of hydrogen-bond donors (Lipinski definition) is 0. The molecule has 0 unspecified atom stereocenters. The SMILES string of the molecule is CCCN(c1nc(C2CC2)c(C=O)s1)C1CC1. The zero-order valence-electron chi connectivity index (χ0n) is 10.2. The van der Waals surface area contributed by atoms with Crippen LogP contribution in [0.25, 0.3) is 0 Å². The zero-order valence-corrected chi connectivity index (χ0v) is 11.0. The molecule has 0 N–H and O–H groups in total. The molecule has 0 atom stereocenters. The molecule has 17 heavy (non-hydrogen) atoms. The van der Waals surface area contributed by atoms with Gasteiger partial charge in [0, 0.05) is 18.5 Å². The number of aromatic nitrogens is 1. The average molecular weight is 250 g/mol. The van der Waals surface area contributed by atoms with Crippen molar-refractivity contribution in [2.45, 2.75) is 51.0 Å². The Labute approximate surface area is 106 Å². The minimum atomic E-state index is 0.572. The lowest BCUT2D eigenvalue weighted by Gasteiger charge is -2.20. The van der Waals surface area contributed by atoms with Gasteiger partial charge < -0.3 is 4.90 Å². The van der Waals surface area contributed by atoms with E-state index < -0.39 is 0 Å². The van der Waals surface area contributed by atoms with E-state index in [1.807, 2.05) is 0 Å². The van der Waals surface area contributed by atoms with Crippen LogP contribution in [0.15, 0.2) is 0 Å². The van der Waals surface area contributed by atoms with Crippen LogP contribution in [0.4, 0.5) is 5.13 Å². The van der Waals surface area contributed by atoms with Gasteiger partial charge in [0.2, 0.25) is 0 Å². The van der Waals surface area contributed by atoms with Crippen LogP contribution >= 0.6 is 11.3 Å². The summed E-state index contributed by atoms with van der Waals surface area (Å²) >= 11 is 1.59. The molecule has 2 fully saturated rings. The average Bonchev–Trinajstić information content (AvgIpc) is 3.23.